The molecule has 2 aromatic rings. The Bertz CT molecular complexity index is 1090. The first kappa shape index (κ1) is 21.3. The van der Waals surface area contributed by atoms with Crippen molar-refractivity contribution in [3.05, 3.63) is 52.6 Å². The van der Waals surface area contributed by atoms with Crippen LogP contribution in [0.1, 0.15) is 86.3 Å². The van der Waals surface area contributed by atoms with Crippen LogP contribution >= 0.6 is 0 Å². The lowest BCUT2D eigenvalue weighted by atomic mass is 9.48. The fourth-order valence-electron chi connectivity index (χ4n) is 8.04. The normalized spacial score (nSPS) is 29.3. The van der Waals surface area contributed by atoms with Crippen LogP contribution in [-0.4, -0.2) is 11.6 Å². The minimum absolute atomic E-state index is 0.226. The van der Waals surface area contributed by atoms with Crippen molar-refractivity contribution < 1.29 is 9.53 Å². The number of benzene rings is 2. The third kappa shape index (κ3) is 3.68. The monoisotopic (exact) mass is 443 g/mol. The third-order valence-electron chi connectivity index (χ3n) is 8.76. The molecular formula is C30H37NO2. The molecule has 0 aromatic heterocycles. The summed E-state index contributed by atoms with van der Waals surface area (Å²) >= 11 is 0. The van der Waals surface area contributed by atoms with Gasteiger partial charge in [-0.1, -0.05) is 24.3 Å². The van der Waals surface area contributed by atoms with Gasteiger partial charge < -0.3 is 10.1 Å². The van der Waals surface area contributed by atoms with Crippen LogP contribution in [0.5, 0.6) is 0 Å². The van der Waals surface area contributed by atoms with Crippen molar-refractivity contribution in [1.29, 1.82) is 0 Å². The van der Waals surface area contributed by atoms with Crippen molar-refractivity contribution in [2.75, 3.05) is 5.32 Å². The largest absolute Gasteiger partial charge is 0.456 e. The molecule has 4 saturated carbocycles. The highest BCUT2D eigenvalue weighted by Crippen LogP contribution is 2.61. The van der Waals surface area contributed by atoms with Crippen molar-refractivity contribution in [2.45, 2.75) is 84.8 Å². The number of esters is 1. The summed E-state index contributed by atoms with van der Waals surface area (Å²) in [7, 11) is 0. The Labute approximate surface area is 198 Å². The summed E-state index contributed by atoms with van der Waals surface area (Å²) in [5, 5.41) is 3.76. The van der Waals surface area contributed by atoms with E-state index in [1.807, 2.05) is 26.8 Å². The summed E-state index contributed by atoms with van der Waals surface area (Å²) in [6.45, 7) is 8.80. The molecule has 174 valence electrons. The Kier molecular flexibility index (Phi) is 4.74. The maximum absolute atomic E-state index is 13.3. The number of nitrogens with one attached hydrogen (secondary N) is 1. The van der Waals surface area contributed by atoms with Crippen LogP contribution < -0.4 is 5.32 Å². The summed E-state index contributed by atoms with van der Waals surface area (Å²) in [6.07, 6.45) is 9.76. The van der Waals surface area contributed by atoms with E-state index in [1.54, 1.807) is 0 Å². The Balaban J connectivity index is 1.44. The molecule has 3 nitrogen and oxygen atoms in total. The summed E-state index contributed by atoms with van der Waals surface area (Å²) in [6, 6.07) is 10.7. The minimum atomic E-state index is -0.515. The van der Waals surface area contributed by atoms with E-state index in [0.717, 1.165) is 36.3 Å². The average molecular weight is 444 g/mol. The number of fused-ring (bicyclic) bond motifs is 3. The predicted molar refractivity (Wildman–Crippen MR) is 133 cm³/mol. The molecule has 0 saturated heterocycles. The molecule has 1 aliphatic heterocycles. The van der Waals surface area contributed by atoms with E-state index in [9.17, 15) is 4.79 Å². The quantitative estimate of drug-likeness (QED) is 0.506. The van der Waals surface area contributed by atoms with Gasteiger partial charge in [-0.25, -0.2) is 4.79 Å². The second kappa shape index (κ2) is 7.35. The number of rotatable bonds is 3. The Hall–Kier alpha value is -2.29. The lowest BCUT2D eigenvalue weighted by Crippen LogP contribution is -2.47. The van der Waals surface area contributed by atoms with Gasteiger partial charge in [-0.05, 0) is 124 Å². The number of anilines is 1. The van der Waals surface area contributed by atoms with E-state index >= 15 is 0 Å². The summed E-state index contributed by atoms with van der Waals surface area (Å²) < 4.78 is 5.84. The smallest absolute Gasteiger partial charge is 0.339 e. The van der Waals surface area contributed by atoms with Crippen LogP contribution in [0.25, 0.3) is 11.1 Å². The Morgan fingerprint density at radius 3 is 2.33 bits per heavy atom. The maximum atomic E-state index is 13.3. The van der Waals surface area contributed by atoms with Crippen LogP contribution in [0.15, 0.2) is 30.3 Å². The van der Waals surface area contributed by atoms with Gasteiger partial charge in [0.05, 0.1) is 5.56 Å². The van der Waals surface area contributed by atoms with Gasteiger partial charge in [-0.3, -0.25) is 0 Å². The molecule has 0 spiro atoms. The first-order valence-corrected chi connectivity index (χ1v) is 12.9. The molecule has 2 aromatic carbocycles. The van der Waals surface area contributed by atoms with E-state index in [2.05, 4.69) is 36.5 Å². The molecule has 4 aliphatic carbocycles. The van der Waals surface area contributed by atoms with Gasteiger partial charge in [0.1, 0.15) is 5.60 Å². The molecule has 33 heavy (non-hydrogen) atoms. The molecule has 0 radical (unpaired) electrons. The van der Waals surface area contributed by atoms with Crippen molar-refractivity contribution in [3.8, 4) is 11.1 Å². The highest BCUT2D eigenvalue weighted by molar-refractivity contribution is 6.03. The number of aryl methyl sites for hydroxylation is 1. The SMILES string of the molecule is Cc1cccc2c1CNc1c(CC34CC5CC(CC(C5)C3)C4)ccc(C(=O)OC(C)(C)C)c1-2. The van der Waals surface area contributed by atoms with Crippen molar-refractivity contribution in [3.63, 3.8) is 0 Å². The first-order valence-electron chi connectivity index (χ1n) is 12.9. The topological polar surface area (TPSA) is 38.3 Å². The molecule has 0 amide bonds. The van der Waals surface area contributed by atoms with Crippen LogP contribution in [0.3, 0.4) is 0 Å². The highest BCUT2D eigenvalue weighted by Gasteiger charge is 2.51. The molecule has 1 N–H and O–H groups in total. The van der Waals surface area contributed by atoms with E-state index < -0.39 is 5.60 Å². The lowest BCUT2D eigenvalue weighted by Gasteiger charge is -2.57. The van der Waals surface area contributed by atoms with E-state index in [-0.39, 0.29) is 5.97 Å². The summed E-state index contributed by atoms with van der Waals surface area (Å²) in [5.41, 5.74) is 8.01. The van der Waals surface area contributed by atoms with Gasteiger partial charge in [0, 0.05) is 17.8 Å². The van der Waals surface area contributed by atoms with Gasteiger partial charge >= 0.3 is 5.97 Å². The van der Waals surface area contributed by atoms with Gasteiger partial charge in [-0.2, -0.15) is 0 Å². The number of carbonyl (C=O) groups is 1. The summed E-state index contributed by atoms with van der Waals surface area (Å²) in [5.74, 6) is 2.62. The molecule has 5 aliphatic rings. The molecule has 0 unspecified atom stereocenters. The van der Waals surface area contributed by atoms with Gasteiger partial charge in [-0.15, -0.1) is 0 Å². The second-order valence-electron chi connectivity index (χ2n) is 12.6. The minimum Gasteiger partial charge on any atom is -0.456 e. The van der Waals surface area contributed by atoms with Crippen molar-refractivity contribution in [2.24, 2.45) is 23.2 Å². The Morgan fingerprint density at radius 1 is 1.03 bits per heavy atom. The molecule has 0 atom stereocenters. The molecular weight excluding hydrogens is 406 g/mol. The second-order valence-corrected chi connectivity index (χ2v) is 12.6. The van der Waals surface area contributed by atoms with Gasteiger partial charge in [0.15, 0.2) is 0 Å². The number of carbonyl (C=O) groups excluding carboxylic acids is 1. The molecule has 4 fully saturated rings. The maximum Gasteiger partial charge on any atom is 0.339 e. The van der Waals surface area contributed by atoms with E-state index in [1.165, 1.54) is 66.5 Å². The first-order chi connectivity index (χ1) is 15.7. The molecule has 7 rings (SSSR count). The van der Waals surface area contributed by atoms with E-state index in [0.29, 0.717) is 11.0 Å². The van der Waals surface area contributed by atoms with Crippen LogP contribution in [-0.2, 0) is 17.7 Å². The van der Waals surface area contributed by atoms with Gasteiger partial charge in [0.25, 0.3) is 0 Å². The molecule has 1 heterocycles. The fourth-order valence-corrected chi connectivity index (χ4v) is 8.04. The zero-order valence-corrected chi connectivity index (χ0v) is 20.6. The van der Waals surface area contributed by atoms with E-state index in [4.69, 9.17) is 4.74 Å². The molecule has 3 heteroatoms. The zero-order chi connectivity index (χ0) is 23.0. The number of hydrogen-bond donors (Lipinski definition) is 1. The standard InChI is InChI=1S/C30H37NO2/c1-18-6-5-7-23-25(18)17-31-27-22(8-9-24(26(23)27)28(32)33-29(2,3)4)16-30-13-19-10-20(14-30)12-21(11-19)15-30/h5-9,19-21,31H,10-17H2,1-4H3. The number of hydrogen-bond acceptors (Lipinski definition) is 3. The van der Waals surface area contributed by atoms with Gasteiger partial charge in [0.2, 0.25) is 0 Å². The highest BCUT2D eigenvalue weighted by atomic mass is 16.6. The van der Waals surface area contributed by atoms with Crippen molar-refractivity contribution >= 4 is 11.7 Å². The van der Waals surface area contributed by atoms with Crippen molar-refractivity contribution in [1.82, 2.24) is 0 Å². The fraction of sp³-hybridized carbons (Fsp3) is 0.567. The summed E-state index contributed by atoms with van der Waals surface area (Å²) in [4.78, 5) is 13.3. The average Bonchev–Trinajstić information content (AvgIpc) is 2.71. The van der Waals surface area contributed by atoms with Crippen LogP contribution in [0.2, 0.25) is 0 Å². The third-order valence-corrected chi connectivity index (χ3v) is 8.76. The predicted octanol–water partition coefficient (Wildman–Crippen LogP) is 7.30. The van der Waals surface area contributed by atoms with Crippen LogP contribution in [0.4, 0.5) is 5.69 Å². The Morgan fingerprint density at radius 2 is 1.70 bits per heavy atom. The zero-order valence-electron chi connectivity index (χ0n) is 20.6. The lowest BCUT2D eigenvalue weighted by molar-refractivity contribution is -0.0521. The van der Waals surface area contributed by atoms with Crippen LogP contribution in [0, 0.1) is 30.1 Å². The number of ether oxygens (including phenoxy) is 1. The molecule has 4 bridgehead atoms.